The highest BCUT2D eigenvalue weighted by Gasteiger charge is 2.78. The fraction of sp³-hybridized carbons (Fsp3) is 0.281. The van der Waals surface area contributed by atoms with Crippen molar-refractivity contribution in [2.75, 3.05) is 21.2 Å². The monoisotopic (exact) mass is 550 g/mol. The smallest absolute Gasteiger partial charge is 0.228 e. The lowest BCUT2D eigenvalue weighted by Gasteiger charge is -2.40. The summed E-state index contributed by atoms with van der Waals surface area (Å²) in [6.07, 6.45) is 0.155. The molecule has 2 N–H and O–H groups in total. The van der Waals surface area contributed by atoms with Crippen LogP contribution >= 0.6 is 0 Å². The second-order valence-corrected chi connectivity index (χ2v) is 10.8. The van der Waals surface area contributed by atoms with E-state index in [2.05, 4.69) is 6.07 Å². The molecule has 208 valence electrons. The third-order valence-electron chi connectivity index (χ3n) is 8.32. The Balaban J connectivity index is 1.54. The largest absolute Gasteiger partial charge is 0.497 e. The van der Waals surface area contributed by atoms with Gasteiger partial charge in [-0.2, -0.15) is 10.4 Å². The number of fused-ring (bicyclic) bond motifs is 3. The third-order valence-corrected chi connectivity index (χ3v) is 8.32. The molecule has 0 unspecified atom stereocenters. The van der Waals surface area contributed by atoms with Gasteiger partial charge in [0.15, 0.2) is 17.0 Å². The first-order valence-electron chi connectivity index (χ1n) is 13.3. The topological polar surface area (TPSA) is 121 Å². The molecule has 1 aliphatic heterocycles. The summed E-state index contributed by atoms with van der Waals surface area (Å²) in [5.41, 5.74) is -0.883. The van der Waals surface area contributed by atoms with Gasteiger partial charge in [-0.1, -0.05) is 54.6 Å². The van der Waals surface area contributed by atoms with E-state index < -0.39 is 29.1 Å². The number of aliphatic hydroxyl groups is 2. The maximum absolute atomic E-state index is 13.7. The fourth-order valence-electron chi connectivity index (χ4n) is 6.45. The summed E-state index contributed by atoms with van der Waals surface area (Å²) in [6.45, 7) is 0.387. The lowest BCUT2D eigenvalue weighted by molar-refractivity contribution is -0.158. The number of nitrogens with zero attached hydrogens (tertiary/aromatic N) is 4. The predicted molar refractivity (Wildman–Crippen MR) is 149 cm³/mol. The van der Waals surface area contributed by atoms with Gasteiger partial charge in [0.2, 0.25) is 5.91 Å². The molecule has 1 amide bonds. The highest BCUT2D eigenvalue weighted by Crippen LogP contribution is 2.68. The summed E-state index contributed by atoms with van der Waals surface area (Å²) in [6, 6.07) is 25.7. The summed E-state index contributed by atoms with van der Waals surface area (Å²) in [7, 11) is 4.86. The van der Waals surface area contributed by atoms with Crippen molar-refractivity contribution in [3.05, 3.63) is 113 Å². The van der Waals surface area contributed by atoms with Crippen molar-refractivity contribution in [1.29, 1.82) is 5.26 Å². The van der Waals surface area contributed by atoms with Crippen molar-refractivity contribution in [2.24, 2.45) is 5.92 Å². The molecule has 9 heteroatoms. The van der Waals surface area contributed by atoms with Crippen LogP contribution in [-0.4, -0.2) is 58.1 Å². The minimum Gasteiger partial charge on any atom is -0.497 e. The summed E-state index contributed by atoms with van der Waals surface area (Å²) in [5, 5.41) is 38.9. The Hall–Kier alpha value is -4.65. The molecule has 4 aromatic rings. The zero-order valence-electron chi connectivity index (χ0n) is 22.9. The maximum Gasteiger partial charge on any atom is 0.228 e. The molecule has 0 bridgehead atoms. The van der Waals surface area contributed by atoms with E-state index in [4.69, 9.17) is 14.6 Å². The third kappa shape index (κ3) is 3.83. The van der Waals surface area contributed by atoms with Crippen LogP contribution in [0.1, 0.15) is 33.9 Å². The van der Waals surface area contributed by atoms with Crippen LogP contribution in [0.15, 0.2) is 85.1 Å². The molecule has 2 aliphatic rings. The first-order valence-corrected chi connectivity index (χ1v) is 13.3. The number of carbonyl (C=O) groups excluding carboxylic acids is 1. The summed E-state index contributed by atoms with van der Waals surface area (Å²) < 4.78 is 13.7. The molecule has 0 spiro atoms. The number of hydrogen-bond acceptors (Lipinski definition) is 7. The zero-order valence-corrected chi connectivity index (χ0v) is 22.9. The van der Waals surface area contributed by atoms with Crippen molar-refractivity contribution in [3.8, 4) is 17.6 Å². The first-order chi connectivity index (χ1) is 19.7. The number of carbonyl (C=O) groups is 1. The highest BCUT2D eigenvalue weighted by atomic mass is 16.5. The van der Waals surface area contributed by atoms with E-state index in [0.29, 0.717) is 23.4 Å². The van der Waals surface area contributed by atoms with Gasteiger partial charge in [-0.15, -0.1) is 0 Å². The van der Waals surface area contributed by atoms with Crippen molar-refractivity contribution in [1.82, 2.24) is 14.7 Å². The van der Waals surface area contributed by atoms with Crippen LogP contribution in [0.3, 0.4) is 0 Å². The number of amides is 1. The van der Waals surface area contributed by atoms with Crippen molar-refractivity contribution < 1.29 is 24.5 Å². The molecular weight excluding hydrogens is 520 g/mol. The molecule has 1 aromatic heterocycles. The molecule has 3 aromatic carbocycles. The van der Waals surface area contributed by atoms with Crippen LogP contribution in [0.4, 0.5) is 0 Å². The average Bonchev–Trinajstić information content (AvgIpc) is 3.56. The van der Waals surface area contributed by atoms with E-state index in [-0.39, 0.29) is 11.6 Å². The second kappa shape index (κ2) is 9.77. The molecular formula is C32H30N4O5. The Bertz CT molecular complexity index is 1630. The van der Waals surface area contributed by atoms with E-state index in [1.807, 2.05) is 54.6 Å². The van der Waals surface area contributed by atoms with Crippen LogP contribution in [0.5, 0.6) is 11.5 Å². The Morgan fingerprint density at radius 2 is 1.78 bits per heavy atom. The minimum atomic E-state index is -2.08. The minimum absolute atomic E-state index is 0.165. The molecule has 1 aliphatic carbocycles. The van der Waals surface area contributed by atoms with E-state index in [1.165, 1.54) is 4.90 Å². The van der Waals surface area contributed by atoms with Gasteiger partial charge in [-0.3, -0.25) is 9.48 Å². The Kier molecular flexibility index (Phi) is 6.33. The number of methoxy groups -OCH3 is 1. The Morgan fingerprint density at radius 3 is 2.39 bits per heavy atom. The normalized spacial score (nSPS) is 26.0. The molecule has 1 fully saturated rings. The maximum atomic E-state index is 13.7. The molecule has 9 nitrogen and oxygen atoms in total. The van der Waals surface area contributed by atoms with Gasteiger partial charge in [0, 0.05) is 20.0 Å². The number of aromatic nitrogens is 2. The van der Waals surface area contributed by atoms with Crippen LogP contribution in [0.2, 0.25) is 0 Å². The van der Waals surface area contributed by atoms with Gasteiger partial charge in [-0.05, 0) is 41.0 Å². The quantitative estimate of drug-likeness (QED) is 0.378. The van der Waals surface area contributed by atoms with Crippen molar-refractivity contribution in [2.45, 2.75) is 29.8 Å². The van der Waals surface area contributed by atoms with Gasteiger partial charge < -0.3 is 24.6 Å². The van der Waals surface area contributed by atoms with Gasteiger partial charge in [0.1, 0.15) is 17.5 Å². The summed E-state index contributed by atoms with van der Waals surface area (Å²) in [5.74, 6) is -1.12. The van der Waals surface area contributed by atoms with Crippen LogP contribution in [-0.2, 0) is 22.5 Å². The lowest BCUT2D eigenvalue weighted by Crippen LogP contribution is -2.52. The average molecular weight is 551 g/mol. The SMILES string of the molecule is COc1ccc(Cn2cc3c(n2)[C@]2(O)[C@H](O)[C@H](C(=O)N(C)C)[C@@H](c4ccccc4)[C@]2(c2ccc(C#N)cc2)O3)cc1. The molecule has 5 atom stereocenters. The van der Waals surface area contributed by atoms with Gasteiger partial charge in [0.05, 0.1) is 37.4 Å². The van der Waals surface area contributed by atoms with Crippen LogP contribution in [0.25, 0.3) is 0 Å². The summed E-state index contributed by atoms with van der Waals surface area (Å²) in [4.78, 5) is 15.1. The highest BCUT2D eigenvalue weighted by molar-refractivity contribution is 5.82. The zero-order chi connectivity index (χ0) is 28.9. The molecule has 41 heavy (non-hydrogen) atoms. The lowest BCUT2D eigenvalue weighted by atomic mass is 9.71. The molecule has 6 rings (SSSR count). The molecule has 0 saturated heterocycles. The predicted octanol–water partition coefficient (Wildman–Crippen LogP) is 3.15. The molecule has 0 radical (unpaired) electrons. The van der Waals surface area contributed by atoms with E-state index in [9.17, 15) is 20.3 Å². The van der Waals surface area contributed by atoms with Gasteiger partial charge >= 0.3 is 0 Å². The number of hydrogen-bond donors (Lipinski definition) is 2. The van der Waals surface area contributed by atoms with Crippen LogP contribution in [0, 0.1) is 17.2 Å². The Morgan fingerprint density at radius 1 is 1.10 bits per heavy atom. The second-order valence-electron chi connectivity index (χ2n) is 10.8. The van der Waals surface area contributed by atoms with E-state index >= 15 is 0 Å². The fourth-order valence-corrected chi connectivity index (χ4v) is 6.45. The van der Waals surface area contributed by atoms with Crippen molar-refractivity contribution >= 4 is 5.91 Å². The van der Waals surface area contributed by atoms with Crippen molar-refractivity contribution in [3.63, 3.8) is 0 Å². The van der Waals surface area contributed by atoms with Crippen LogP contribution < -0.4 is 9.47 Å². The molecule has 1 saturated carbocycles. The van der Waals surface area contributed by atoms with E-state index in [0.717, 1.165) is 16.9 Å². The van der Waals surface area contributed by atoms with Gasteiger partial charge in [-0.25, -0.2) is 0 Å². The Labute approximate surface area is 237 Å². The number of benzene rings is 3. The van der Waals surface area contributed by atoms with Gasteiger partial charge in [0.25, 0.3) is 0 Å². The first kappa shape index (κ1) is 26.6. The number of rotatable bonds is 6. The summed E-state index contributed by atoms with van der Waals surface area (Å²) >= 11 is 0. The number of nitriles is 1. The molecule has 2 heterocycles. The standard InChI is InChI=1S/C32H30N4O5/c1-35(2)30(38)26-27(22-7-5-4-6-8-22)32(23-13-9-20(17-33)10-14-23)31(39,29(26)37)28-25(41-32)19-36(34-28)18-21-11-15-24(40-3)16-12-21/h4-16,19,26-27,29,37,39H,18H2,1-3H3/t26-,27-,29-,31+,32+/m1/s1. The van der Waals surface area contributed by atoms with E-state index in [1.54, 1.807) is 56.3 Å². The number of ether oxygens (including phenoxy) is 2. The number of aliphatic hydroxyl groups excluding tert-OH is 1.